The Bertz CT molecular complexity index is 1090. The van der Waals surface area contributed by atoms with Crippen LogP contribution in [-0.2, 0) is 25.8 Å². The molecule has 30 heavy (non-hydrogen) atoms. The van der Waals surface area contributed by atoms with Crippen LogP contribution in [0.2, 0.25) is 0 Å². The lowest BCUT2D eigenvalue weighted by molar-refractivity contribution is -0.127. The molecule has 0 spiro atoms. The first kappa shape index (κ1) is 20.4. The van der Waals surface area contributed by atoms with Crippen molar-refractivity contribution < 1.29 is 22.8 Å². The summed E-state index contributed by atoms with van der Waals surface area (Å²) in [5.41, 5.74) is 2.03. The van der Waals surface area contributed by atoms with Gasteiger partial charge in [0.1, 0.15) is 6.04 Å². The van der Waals surface area contributed by atoms with Gasteiger partial charge in [-0.15, -0.1) is 0 Å². The number of H-pyrrole nitrogens is 1. The van der Waals surface area contributed by atoms with Crippen LogP contribution in [0.1, 0.15) is 24.8 Å². The van der Waals surface area contributed by atoms with E-state index in [2.05, 4.69) is 15.6 Å². The van der Waals surface area contributed by atoms with Crippen molar-refractivity contribution in [1.82, 2.24) is 20.5 Å². The highest BCUT2D eigenvalue weighted by molar-refractivity contribution is 7.91. The Labute approximate surface area is 174 Å². The molecule has 1 aromatic heterocycles. The number of amides is 4. The van der Waals surface area contributed by atoms with Crippen molar-refractivity contribution in [3.63, 3.8) is 0 Å². The summed E-state index contributed by atoms with van der Waals surface area (Å²) in [5, 5.41) is 6.40. The van der Waals surface area contributed by atoms with E-state index in [1.54, 1.807) is 0 Å². The smallest absolute Gasteiger partial charge is 0.324 e. The van der Waals surface area contributed by atoms with Gasteiger partial charge in [0, 0.05) is 36.1 Å². The standard InChI is InChI=1S/C20H24N4O5S/c25-18(22-14-8-10-30(28,29)12-14)6-5-17-19(26)24(20(27)23-17)9-7-13-11-21-16-4-2-1-3-15(13)16/h1-4,11,14,17,21H,5-10,12H2,(H,22,25)(H,23,27)/t14-,17+/m1/s1. The number of para-hydroxylation sites is 1. The van der Waals surface area contributed by atoms with Crippen LogP contribution >= 0.6 is 0 Å². The second-order valence-electron chi connectivity index (χ2n) is 7.81. The van der Waals surface area contributed by atoms with E-state index in [1.165, 1.54) is 4.90 Å². The van der Waals surface area contributed by atoms with E-state index in [0.29, 0.717) is 12.8 Å². The van der Waals surface area contributed by atoms with Crippen molar-refractivity contribution in [1.29, 1.82) is 0 Å². The van der Waals surface area contributed by atoms with Crippen LogP contribution in [0.3, 0.4) is 0 Å². The number of sulfone groups is 1. The molecular formula is C20H24N4O5S. The van der Waals surface area contributed by atoms with E-state index < -0.39 is 21.9 Å². The normalized spacial score (nSPS) is 23.1. The molecule has 2 fully saturated rings. The largest absolute Gasteiger partial charge is 0.361 e. The van der Waals surface area contributed by atoms with E-state index in [0.717, 1.165) is 16.5 Å². The summed E-state index contributed by atoms with van der Waals surface area (Å²) in [6.45, 7) is 0.259. The number of nitrogens with one attached hydrogen (secondary N) is 3. The molecule has 2 saturated heterocycles. The van der Waals surface area contributed by atoms with E-state index in [9.17, 15) is 22.8 Å². The van der Waals surface area contributed by atoms with Gasteiger partial charge in [-0.25, -0.2) is 13.2 Å². The van der Waals surface area contributed by atoms with Crippen molar-refractivity contribution in [3.05, 3.63) is 36.0 Å². The highest BCUT2D eigenvalue weighted by Gasteiger charge is 2.38. The Balaban J connectivity index is 1.28. The Kier molecular flexibility index (Phi) is 5.50. The number of carbonyl (C=O) groups is 3. The molecule has 0 radical (unpaired) electrons. The van der Waals surface area contributed by atoms with Crippen LogP contribution < -0.4 is 10.6 Å². The van der Waals surface area contributed by atoms with Crippen molar-refractivity contribution in [2.24, 2.45) is 0 Å². The average Bonchev–Trinajstić information content (AvgIpc) is 3.35. The fraction of sp³-hybridized carbons (Fsp3) is 0.450. The molecular weight excluding hydrogens is 408 g/mol. The molecule has 4 rings (SSSR count). The van der Waals surface area contributed by atoms with Gasteiger partial charge >= 0.3 is 6.03 Å². The third-order valence-electron chi connectivity index (χ3n) is 5.64. The average molecular weight is 433 g/mol. The maximum Gasteiger partial charge on any atom is 0.324 e. The minimum Gasteiger partial charge on any atom is -0.361 e. The monoisotopic (exact) mass is 432 g/mol. The first-order chi connectivity index (χ1) is 14.3. The molecule has 3 N–H and O–H groups in total. The van der Waals surface area contributed by atoms with Gasteiger partial charge in [0.05, 0.1) is 11.5 Å². The minimum absolute atomic E-state index is 0.0422. The van der Waals surface area contributed by atoms with Gasteiger partial charge in [-0.1, -0.05) is 18.2 Å². The van der Waals surface area contributed by atoms with Crippen LogP contribution in [0.4, 0.5) is 4.79 Å². The van der Waals surface area contributed by atoms with Gasteiger partial charge < -0.3 is 15.6 Å². The Morgan fingerprint density at radius 2 is 2.03 bits per heavy atom. The molecule has 4 amide bonds. The molecule has 2 aliphatic rings. The molecule has 9 nitrogen and oxygen atoms in total. The number of hydrogen-bond donors (Lipinski definition) is 3. The number of aromatic nitrogens is 1. The summed E-state index contributed by atoms with van der Waals surface area (Å²) in [4.78, 5) is 41.3. The maximum atomic E-state index is 12.6. The zero-order valence-corrected chi connectivity index (χ0v) is 17.2. The number of hydrogen-bond acceptors (Lipinski definition) is 5. The molecule has 2 aromatic rings. The predicted molar refractivity (Wildman–Crippen MR) is 110 cm³/mol. The molecule has 2 aliphatic heterocycles. The number of imide groups is 1. The topological polar surface area (TPSA) is 128 Å². The number of nitrogens with zero attached hydrogens (tertiary/aromatic N) is 1. The minimum atomic E-state index is -3.07. The van der Waals surface area contributed by atoms with Crippen molar-refractivity contribution in [3.8, 4) is 0 Å². The van der Waals surface area contributed by atoms with Gasteiger partial charge in [-0.05, 0) is 30.9 Å². The lowest BCUT2D eigenvalue weighted by Crippen LogP contribution is -2.37. The van der Waals surface area contributed by atoms with E-state index in [-0.39, 0.29) is 48.7 Å². The molecule has 1 aromatic carbocycles. The van der Waals surface area contributed by atoms with E-state index in [4.69, 9.17) is 0 Å². The SMILES string of the molecule is O=C(CC[C@@H]1NC(=O)N(CCc2c[nH]c3ccccc23)C1=O)N[C@@H]1CCS(=O)(=O)C1. The Morgan fingerprint density at radius 3 is 2.80 bits per heavy atom. The van der Waals surface area contributed by atoms with E-state index in [1.807, 2.05) is 30.5 Å². The number of fused-ring (bicyclic) bond motifs is 1. The van der Waals surface area contributed by atoms with Crippen LogP contribution in [0, 0.1) is 0 Å². The summed E-state index contributed by atoms with van der Waals surface area (Å²) in [5.74, 6) is -0.604. The highest BCUT2D eigenvalue weighted by Crippen LogP contribution is 2.20. The summed E-state index contributed by atoms with van der Waals surface area (Å²) >= 11 is 0. The molecule has 2 atom stereocenters. The fourth-order valence-electron chi connectivity index (χ4n) is 4.04. The third kappa shape index (κ3) is 4.33. The second kappa shape index (κ2) is 8.10. The molecule has 3 heterocycles. The summed E-state index contributed by atoms with van der Waals surface area (Å²) in [6.07, 6.45) is 3.05. The molecule has 0 bridgehead atoms. The molecule has 10 heteroatoms. The summed E-state index contributed by atoms with van der Waals surface area (Å²) < 4.78 is 22.9. The van der Waals surface area contributed by atoms with E-state index >= 15 is 0 Å². The lowest BCUT2D eigenvalue weighted by Gasteiger charge is -2.13. The number of benzene rings is 1. The van der Waals surface area contributed by atoms with Crippen LogP contribution in [0.15, 0.2) is 30.5 Å². The van der Waals surface area contributed by atoms with Gasteiger partial charge in [0.15, 0.2) is 9.84 Å². The van der Waals surface area contributed by atoms with Crippen LogP contribution in [0.5, 0.6) is 0 Å². The van der Waals surface area contributed by atoms with Crippen molar-refractivity contribution in [2.45, 2.75) is 37.8 Å². The number of urea groups is 1. The number of aromatic amines is 1. The number of rotatable bonds is 7. The van der Waals surface area contributed by atoms with Gasteiger partial charge in [-0.2, -0.15) is 0 Å². The zero-order valence-electron chi connectivity index (χ0n) is 16.4. The second-order valence-corrected chi connectivity index (χ2v) is 10.0. The first-order valence-electron chi connectivity index (χ1n) is 9.99. The first-order valence-corrected chi connectivity index (χ1v) is 11.8. The van der Waals surface area contributed by atoms with Crippen LogP contribution in [0.25, 0.3) is 10.9 Å². The highest BCUT2D eigenvalue weighted by atomic mass is 32.2. The predicted octanol–water partition coefficient (Wildman–Crippen LogP) is 0.714. The molecule has 0 aliphatic carbocycles. The molecule has 0 unspecified atom stereocenters. The molecule has 160 valence electrons. The fourth-order valence-corrected chi connectivity index (χ4v) is 5.71. The van der Waals surface area contributed by atoms with Gasteiger partial charge in [-0.3, -0.25) is 14.5 Å². The van der Waals surface area contributed by atoms with Crippen molar-refractivity contribution >= 4 is 38.6 Å². The summed E-state index contributed by atoms with van der Waals surface area (Å²) in [7, 11) is -3.07. The molecule has 0 saturated carbocycles. The lowest BCUT2D eigenvalue weighted by atomic mass is 10.1. The zero-order chi connectivity index (χ0) is 21.3. The third-order valence-corrected chi connectivity index (χ3v) is 7.41. The Morgan fingerprint density at radius 1 is 1.23 bits per heavy atom. The number of carbonyl (C=O) groups excluding carboxylic acids is 3. The van der Waals surface area contributed by atoms with Crippen LogP contribution in [-0.4, -0.2) is 66.3 Å². The Hall–Kier alpha value is -2.88. The van der Waals surface area contributed by atoms with Crippen molar-refractivity contribution in [2.75, 3.05) is 18.1 Å². The maximum absolute atomic E-state index is 12.6. The quantitative estimate of drug-likeness (QED) is 0.555. The van der Waals surface area contributed by atoms with Gasteiger partial charge in [0.2, 0.25) is 5.91 Å². The van der Waals surface area contributed by atoms with Gasteiger partial charge in [0.25, 0.3) is 5.91 Å². The summed E-state index contributed by atoms with van der Waals surface area (Å²) in [6, 6.07) is 6.27.